The van der Waals surface area contributed by atoms with Crippen molar-refractivity contribution in [3.8, 4) is 22.7 Å². The molecule has 0 radical (unpaired) electrons. The molecule has 1 aliphatic heterocycles. The van der Waals surface area contributed by atoms with Crippen molar-refractivity contribution in [2.24, 2.45) is 0 Å². The second kappa shape index (κ2) is 7.94. The van der Waals surface area contributed by atoms with Crippen LogP contribution in [0.3, 0.4) is 0 Å². The predicted octanol–water partition coefficient (Wildman–Crippen LogP) is 3.77. The molecule has 0 bridgehead atoms. The Morgan fingerprint density at radius 2 is 1.89 bits per heavy atom. The van der Waals surface area contributed by atoms with Crippen molar-refractivity contribution >= 4 is 0 Å². The van der Waals surface area contributed by atoms with E-state index < -0.39 is 0 Å². The van der Waals surface area contributed by atoms with Gasteiger partial charge in [-0.3, -0.25) is 4.90 Å². The summed E-state index contributed by atoms with van der Waals surface area (Å²) in [7, 11) is 1.68. The summed E-state index contributed by atoms with van der Waals surface area (Å²) in [6.07, 6.45) is 2.42. The monoisotopic (exact) mass is 363 g/mol. The molecule has 1 saturated heterocycles. The zero-order valence-electron chi connectivity index (χ0n) is 15.8. The maximum Gasteiger partial charge on any atom is 0.118 e. The third-order valence-electron chi connectivity index (χ3n) is 4.89. The predicted molar refractivity (Wildman–Crippen MR) is 106 cm³/mol. The maximum atomic E-state index is 5.68. The molecule has 2 heterocycles. The topological polar surface area (TPSA) is 39.5 Å². The molecular weight excluding hydrogens is 338 g/mol. The lowest BCUT2D eigenvalue weighted by Gasteiger charge is -2.30. The van der Waals surface area contributed by atoms with Gasteiger partial charge in [0.25, 0.3) is 0 Å². The van der Waals surface area contributed by atoms with Gasteiger partial charge in [0, 0.05) is 37.0 Å². The van der Waals surface area contributed by atoms with Gasteiger partial charge in [-0.25, -0.2) is 4.68 Å². The Bertz CT molecular complexity index is 874. The summed E-state index contributed by atoms with van der Waals surface area (Å²) in [5.41, 5.74) is 4.40. The average molecular weight is 363 g/mol. The van der Waals surface area contributed by atoms with Gasteiger partial charge in [0.2, 0.25) is 0 Å². The van der Waals surface area contributed by atoms with Gasteiger partial charge in [0.1, 0.15) is 5.75 Å². The summed E-state index contributed by atoms with van der Waals surface area (Å²) < 4.78 is 13.0. The standard InChI is InChI=1S/C22H25N3O2/c1-17-14-24(12-13-27-17)15-19-16-25(20-6-4-3-5-7-20)23-22(19)18-8-10-21(26-2)11-9-18/h3-11,16-17H,12-15H2,1-2H3/t17-/m0/s1. The number of hydrogen-bond acceptors (Lipinski definition) is 4. The van der Waals surface area contributed by atoms with Crippen LogP contribution in [0.15, 0.2) is 60.8 Å². The Hall–Kier alpha value is -2.63. The fourth-order valence-corrected chi connectivity index (χ4v) is 3.51. The summed E-state index contributed by atoms with van der Waals surface area (Å²) in [6, 6.07) is 18.4. The first-order valence-electron chi connectivity index (χ1n) is 9.35. The maximum absolute atomic E-state index is 5.68. The fraction of sp³-hybridized carbons (Fsp3) is 0.318. The van der Waals surface area contributed by atoms with Crippen LogP contribution in [-0.2, 0) is 11.3 Å². The van der Waals surface area contributed by atoms with Gasteiger partial charge in [0.05, 0.1) is 31.2 Å². The van der Waals surface area contributed by atoms with Crippen LogP contribution in [0.1, 0.15) is 12.5 Å². The molecule has 2 aromatic carbocycles. The Balaban J connectivity index is 1.69. The number of ether oxygens (including phenoxy) is 2. The minimum absolute atomic E-state index is 0.271. The number of aromatic nitrogens is 2. The molecule has 0 saturated carbocycles. The summed E-state index contributed by atoms with van der Waals surface area (Å²) in [5.74, 6) is 0.852. The molecule has 0 N–H and O–H groups in total. The average Bonchev–Trinajstić information content (AvgIpc) is 3.12. The van der Waals surface area contributed by atoms with Gasteiger partial charge in [-0.1, -0.05) is 18.2 Å². The first-order valence-corrected chi connectivity index (χ1v) is 9.35. The minimum atomic E-state index is 0.271. The third-order valence-corrected chi connectivity index (χ3v) is 4.89. The van der Waals surface area contributed by atoms with Crippen molar-refractivity contribution in [1.29, 1.82) is 0 Å². The van der Waals surface area contributed by atoms with E-state index in [0.717, 1.165) is 48.9 Å². The lowest BCUT2D eigenvalue weighted by molar-refractivity contribution is -0.0211. The molecule has 1 atom stereocenters. The van der Waals surface area contributed by atoms with E-state index in [2.05, 4.69) is 42.3 Å². The van der Waals surface area contributed by atoms with Crippen molar-refractivity contribution in [3.05, 3.63) is 66.4 Å². The number of para-hydroxylation sites is 1. The quantitative estimate of drug-likeness (QED) is 0.692. The highest BCUT2D eigenvalue weighted by molar-refractivity contribution is 5.64. The Morgan fingerprint density at radius 1 is 1.11 bits per heavy atom. The van der Waals surface area contributed by atoms with Crippen LogP contribution in [-0.4, -0.2) is 47.6 Å². The van der Waals surface area contributed by atoms with Crippen molar-refractivity contribution in [1.82, 2.24) is 14.7 Å². The Morgan fingerprint density at radius 3 is 2.59 bits per heavy atom. The summed E-state index contributed by atoms with van der Waals surface area (Å²) in [5, 5.41) is 4.91. The molecule has 0 aliphatic carbocycles. The van der Waals surface area contributed by atoms with E-state index in [0.29, 0.717) is 0 Å². The minimum Gasteiger partial charge on any atom is -0.497 e. The number of rotatable bonds is 5. The number of hydrogen-bond donors (Lipinski definition) is 0. The molecule has 1 aliphatic rings. The highest BCUT2D eigenvalue weighted by atomic mass is 16.5. The molecule has 3 aromatic rings. The highest BCUT2D eigenvalue weighted by Gasteiger charge is 2.20. The molecule has 27 heavy (non-hydrogen) atoms. The van der Waals surface area contributed by atoms with E-state index in [4.69, 9.17) is 14.6 Å². The van der Waals surface area contributed by atoms with E-state index in [1.807, 2.05) is 35.0 Å². The zero-order chi connectivity index (χ0) is 18.6. The molecular formula is C22H25N3O2. The lowest BCUT2D eigenvalue weighted by atomic mass is 10.1. The Kier molecular flexibility index (Phi) is 5.23. The van der Waals surface area contributed by atoms with Gasteiger partial charge < -0.3 is 9.47 Å². The van der Waals surface area contributed by atoms with Gasteiger partial charge in [-0.2, -0.15) is 5.10 Å². The Labute approximate surface area is 160 Å². The normalized spacial score (nSPS) is 17.8. The number of methoxy groups -OCH3 is 1. The van der Waals surface area contributed by atoms with E-state index in [1.54, 1.807) is 7.11 Å². The largest absolute Gasteiger partial charge is 0.497 e. The van der Waals surface area contributed by atoms with Crippen LogP contribution >= 0.6 is 0 Å². The van der Waals surface area contributed by atoms with E-state index in [9.17, 15) is 0 Å². The first-order chi connectivity index (χ1) is 13.2. The van der Waals surface area contributed by atoms with Crippen molar-refractivity contribution in [2.75, 3.05) is 26.8 Å². The van der Waals surface area contributed by atoms with Gasteiger partial charge in [-0.15, -0.1) is 0 Å². The summed E-state index contributed by atoms with van der Waals surface area (Å²) in [6.45, 7) is 5.67. The highest BCUT2D eigenvalue weighted by Crippen LogP contribution is 2.27. The molecule has 0 unspecified atom stereocenters. The second-order valence-electron chi connectivity index (χ2n) is 6.93. The van der Waals surface area contributed by atoms with Gasteiger partial charge in [0.15, 0.2) is 0 Å². The van der Waals surface area contributed by atoms with Crippen LogP contribution in [0, 0.1) is 0 Å². The van der Waals surface area contributed by atoms with Crippen LogP contribution in [0.25, 0.3) is 16.9 Å². The van der Waals surface area contributed by atoms with E-state index >= 15 is 0 Å². The molecule has 140 valence electrons. The van der Waals surface area contributed by atoms with Crippen molar-refractivity contribution < 1.29 is 9.47 Å². The zero-order valence-corrected chi connectivity index (χ0v) is 15.8. The third kappa shape index (κ3) is 4.04. The molecule has 1 fully saturated rings. The van der Waals surface area contributed by atoms with Crippen LogP contribution in [0.4, 0.5) is 0 Å². The molecule has 1 aromatic heterocycles. The summed E-state index contributed by atoms with van der Waals surface area (Å²) in [4.78, 5) is 2.44. The van der Waals surface area contributed by atoms with E-state index in [1.165, 1.54) is 5.56 Å². The molecule has 5 nitrogen and oxygen atoms in total. The molecule has 4 rings (SSSR count). The molecule has 0 amide bonds. The van der Waals surface area contributed by atoms with E-state index in [-0.39, 0.29) is 6.10 Å². The SMILES string of the molecule is COc1ccc(-c2nn(-c3ccccc3)cc2CN2CCO[C@@H](C)C2)cc1. The van der Waals surface area contributed by atoms with Crippen molar-refractivity contribution in [2.45, 2.75) is 19.6 Å². The lowest BCUT2D eigenvalue weighted by Crippen LogP contribution is -2.40. The van der Waals surface area contributed by atoms with Gasteiger partial charge >= 0.3 is 0 Å². The second-order valence-corrected chi connectivity index (χ2v) is 6.93. The molecule has 0 spiro atoms. The number of nitrogens with zero attached hydrogens (tertiary/aromatic N) is 3. The van der Waals surface area contributed by atoms with Crippen LogP contribution < -0.4 is 4.74 Å². The first kappa shape index (κ1) is 17.8. The smallest absolute Gasteiger partial charge is 0.118 e. The molecule has 5 heteroatoms. The number of benzene rings is 2. The fourth-order valence-electron chi connectivity index (χ4n) is 3.51. The van der Waals surface area contributed by atoms with Crippen LogP contribution in [0.2, 0.25) is 0 Å². The van der Waals surface area contributed by atoms with Crippen molar-refractivity contribution in [3.63, 3.8) is 0 Å². The van der Waals surface area contributed by atoms with Gasteiger partial charge in [-0.05, 0) is 43.3 Å². The summed E-state index contributed by atoms with van der Waals surface area (Å²) >= 11 is 0. The van der Waals surface area contributed by atoms with Crippen LogP contribution in [0.5, 0.6) is 5.75 Å². The number of morpholine rings is 1.